The van der Waals surface area contributed by atoms with E-state index in [1.807, 2.05) is 0 Å². The summed E-state index contributed by atoms with van der Waals surface area (Å²) >= 11 is 4.80. The van der Waals surface area contributed by atoms with E-state index in [4.69, 9.17) is 11.6 Å². The molecular formula is C20H15ClF2N6O2. The molecule has 1 aromatic carbocycles. The number of rotatable bonds is 6. The standard InChI is InChI=1S/C20H15ClF2N6O2/c1-28-18(8-10-25-28)29-17(26-19(30)14-3-2-9-24-12-14)11-16(27-29)13-4-6-15(7-5-13)31-20(21,22)23/h2-12H,1H3,(H,26,30). The van der Waals surface area contributed by atoms with Gasteiger partial charge in [0.1, 0.15) is 11.6 Å². The molecule has 0 aliphatic carbocycles. The highest BCUT2D eigenvalue weighted by Gasteiger charge is 2.27. The Balaban J connectivity index is 1.68. The van der Waals surface area contributed by atoms with Gasteiger partial charge in [0.15, 0.2) is 5.82 Å². The van der Waals surface area contributed by atoms with Crippen molar-refractivity contribution < 1.29 is 18.3 Å². The third-order valence-electron chi connectivity index (χ3n) is 4.27. The first-order chi connectivity index (χ1) is 14.8. The Hall–Kier alpha value is -3.79. The minimum Gasteiger partial charge on any atom is -0.420 e. The number of hydrogen-bond donors (Lipinski definition) is 1. The number of amides is 1. The van der Waals surface area contributed by atoms with Crippen molar-refractivity contribution in [3.05, 3.63) is 72.7 Å². The Kier molecular flexibility index (Phi) is 5.38. The molecule has 0 fully saturated rings. The maximum Gasteiger partial charge on any atom is 0.487 e. The van der Waals surface area contributed by atoms with Gasteiger partial charge in [-0.2, -0.15) is 14.9 Å². The number of hydrogen-bond acceptors (Lipinski definition) is 5. The quantitative estimate of drug-likeness (QED) is 0.453. The average Bonchev–Trinajstić information content (AvgIpc) is 3.34. The van der Waals surface area contributed by atoms with Crippen LogP contribution in [-0.2, 0) is 7.05 Å². The fourth-order valence-corrected chi connectivity index (χ4v) is 2.96. The van der Waals surface area contributed by atoms with E-state index in [-0.39, 0.29) is 11.7 Å². The molecule has 0 unspecified atom stereocenters. The maximum absolute atomic E-state index is 12.8. The van der Waals surface area contributed by atoms with Crippen LogP contribution in [0.4, 0.5) is 14.6 Å². The van der Waals surface area contributed by atoms with Crippen LogP contribution in [0.1, 0.15) is 10.4 Å². The summed E-state index contributed by atoms with van der Waals surface area (Å²) in [5, 5.41) is 11.5. The Labute approximate surface area is 180 Å². The summed E-state index contributed by atoms with van der Waals surface area (Å²) in [6.45, 7) is 0. The molecule has 8 nitrogen and oxygen atoms in total. The lowest BCUT2D eigenvalue weighted by Gasteiger charge is -2.10. The number of carbonyl (C=O) groups excluding carboxylic acids is 1. The number of halogens is 3. The molecule has 0 atom stereocenters. The van der Waals surface area contributed by atoms with E-state index in [0.717, 1.165) is 0 Å². The minimum absolute atomic E-state index is 0.0973. The van der Waals surface area contributed by atoms with E-state index in [1.54, 1.807) is 60.5 Å². The summed E-state index contributed by atoms with van der Waals surface area (Å²) in [7, 11) is 1.74. The topological polar surface area (TPSA) is 86.9 Å². The highest BCUT2D eigenvalue weighted by atomic mass is 35.5. The summed E-state index contributed by atoms with van der Waals surface area (Å²) in [5.74, 6) is 0.533. The van der Waals surface area contributed by atoms with Gasteiger partial charge in [0.25, 0.3) is 5.91 Å². The van der Waals surface area contributed by atoms with Crippen molar-refractivity contribution in [1.29, 1.82) is 0 Å². The molecule has 1 amide bonds. The lowest BCUT2D eigenvalue weighted by molar-refractivity contribution is -0.0964. The van der Waals surface area contributed by atoms with Gasteiger partial charge in [-0.1, -0.05) is 0 Å². The van der Waals surface area contributed by atoms with Gasteiger partial charge in [0.2, 0.25) is 0 Å². The third kappa shape index (κ3) is 4.69. The molecule has 0 aliphatic heterocycles. The second-order valence-electron chi connectivity index (χ2n) is 6.41. The van der Waals surface area contributed by atoms with E-state index in [2.05, 4.69) is 25.2 Å². The molecule has 3 heterocycles. The SMILES string of the molecule is Cn1nccc1-n1nc(-c2ccc(OC(F)(F)Cl)cc2)cc1NC(=O)c1cccnc1. The van der Waals surface area contributed by atoms with Crippen molar-refractivity contribution in [3.63, 3.8) is 0 Å². The first-order valence-corrected chi connectivity index (χ1v) is 9.34. The molecule has 1 N–H and O–H groups in total. The van der Waals surface area contributed by atoms with E-state index >= 15 is 0 Å². The number of ether oxygens (including phenoxy) is 1. The van der Waals surface area contributed by atoms with Crippen LogP contribution < -0.4 is 10.1 Å². The molecule has 11 heteroatoms. The largest absolute Gasteiger partial charge is 0.487 e. The van der Waals surface area contributed by atoms with Gasteiger partial charge in [-0.05, 0) is 36.4 Å². The summed E-state index contributed by atoms with van der Waals surface area (Å²) < 4.78 is 33.1. The van der Waals surface area contributed by atoms with Crippen LogP contribution in [0.25, 0.3) is 17.1 Å². The van der Waals surface area contributed by atoms with Crippen molar-refractivity contribution in [2.45, 2.75) is 5.57 Å². The molecule has 0 spiro atoms. The van der Waals surface area contributed by atoms with Gasteiger partial charge >= 0.3 is 5.57 Å². The van der Waals surface area contributed by atoms with Crippen LogP contribution in [0.15, 0.2) is 67.1 Å². The smallest absolute Gasteiger partial charge is 0.420 e. The summed E-state index contributed by atoms with van der Waals surface area (Å²) in [5.41, 5.74) is -2.31. The molecule has 0 radical (unpaired) electrons. The monoisotopic (exact) mass is 444 g/mol. The molecule has 0 saturated heterocycles. The number of pyridine rings is 1. The molecule has 3 aromatic heterocycles. The molecule has 0 bridgehead atoms. The van der Waals surface area contributed by atoms with Crippen molar-refractivity contribution in [2.75, 3.05) is 5.32 Å². The Morgan fingerprint density at radius 2 is 1.94 bits per heavy atom. The summed E-state index contributed by atoms with van der Waals surface area (Å²) in [4.78, 5) is 16.6. The highest BCUT2D eigenvalue weighted by Crippen LogP contribution is 2.29. The molecule has 4 rings (SSSR count). The number of alkyl halides is 3. The zero-order chi connectivity index (χ0) is 22.0. The number of nitrogens with one attached hydrogen (secondary N) is 1. The molecule has 0 saturated carbocycles. The number of benzene rings is 1. The number of nitrogens with zero attached hydrogens (tertiary/aromatic N) is 5. The van der Waals surface area contributed by atoms with Crippen LogP contribution in [-0.4, -0.2) is 36.0 Å². The molecular weight excluding hydrogens is 430 g/mol. The zero-order valence-electron chi connectivity index (χ0n) is 16.0. The predicted molar refractivity (Wildman–Crippen MR) is 109 cm³/mol. The highest BCUT2D eigenvalue weighted by molar-refractivity contribution is 6.20. The summed E-state index contributed by atoms with van der Waals surface area (Å²) in [6, 6.07) is 12.5. The fourth-order valence-electron chi connectivity index (χ4n) is 2.87. The van der Waals surface area contributed by atoms with Gasteiger partial charge in [-0.15, -0.1) is 8.78 Å². The van der Waals surface area contributed by atoms with E-state index < -0.39 is 5.57 Å². The minimum atomic E-state index is -3.80. The molecule has 158 valence electrons. The van der Waals surface area contributed by atoms with Crippen molar-refractivity contribution >= 4 is 23.3 Å². The number of carbonyl (C=O) groups is 1. The third-order valence-corrected chi connectivity index (χ3v) is 4.35. The second-order valence-corrected chi connectivity index (χ2v) is 6.85. The predicted octanol–water partition coefficient (Wildman–Crippen LogP) is 4.09. The van der Waals surface area contributed by atoms with E-state index in [9.17, 15) is 13.6 Å². The van der Waals surface area contributed by atoms with Crippen molar-refractivity contribution in [2.24, 2.45) is 7.05 Å². The second kappa shape index (κ2) is 8.15. The fraction of sp³-hybridized carbons (Fsp3) is 0.100. The lowest BCUT2D eigenvalue weighted by atomic mass is 10.1. The Morgan fingerprint density at radius 1 is 1.16 bits per heavy atom. The average molecular weight is 445 g/mol. The van der Waals surface area contributed by atoms with Crippen LogP contribution in [0.3, 0.4) is 0 Å². The van der Waals surface area contributed by atoms with Crippen molar-refractivity contribution in [1.82, 2.24) is 24.5 Å². The number of aromatic nitrogens is 5. The van der Waals surface area contributed by atoms with Gasteiger partial charge in [-0.3, -0.25) is 14.5 Å². The number of aryl methyl sites for hydroxylation is 1. The van der Waals surface area contributed by atoms with Gasteiger partial charge in [0.05, 0.1) is 17.5 Å². The van der Waals surface area contributed by atoms with E-state index in [0.29, 0.717) is 28.5 Å². The van der Waals surface area contributed by atoms with E-state index in [1.165, 1.54) is 23.0 Å². The Bertz CT molecular complexity index is 1200. The first kappa shape index (κ1) is 20.5. The van der Waals surface area contributed by atoms with Crippen LogP contribution in [0, 0.1) is 0 Å². The van der Waals surface area contributed by atoms with Crippen LogP contribution in [0.2, 0.25) is 0 Å². The van der Waals surface area contributed by atoms with Crippen LogP contribution in [0.5, 0.6) is 5.75 Å². The van der Waals surface area contributed by atoms with Crippen LogP contribution >= 0.6 is 11.6 Å². The maximum atomic E-state index is 12.8. The van der Waals surface area contributed by atoms with Gasteiger partial charge in [0, 0.05) is 48.7 Å². The zero-order valence-corrected chi connectivity index (χ0v) is 16.8. The van der Waals surface area contributed by atoms with Gasteiger partial charge < -0.3 is 10.1 Å². The van der Waals surface area contributed by atoms with Gasteiger partial charge in [-0.25, -0.2) is 0 Å². The number of anilines is 1. The normalized spacial score (nSPS) is 11.4. The first-order valence-electron chi connectivity index (χ1n) is 8.96. The summed E-state index contributed by atoms with van der Waals surface area (Å²) in [6.07, 6.45) is 4.62. The lowest BCUT2D eigenvalue weighted by Crippen LogP contribution is -2.16. The van der Waals surface area contributed by atoms with Crippen molar-refractivity contribution in [3.8, 4) is 22.8 Å². The molecule has 31 heavy (non-hydrogen) atoms. The molecule has 4 aromatic rings. The molecule has 0 aliphatic rings. The Morgan fingerprint density at radius 3 is 2.55 bits per heavy atom.